The molecule has 186 valence electrons. The number of halogens is 1. The molecule has 0 aliphatic heterocycles. The average Bonchev–Trinajstić information content (AvgIpc) is 2.92. The van der Waals surface area contributed by atoms with E-state index in [1.54, 1.807) is 24.3 Å². The Balaban J connectivity index is 1.52. The Kier molecular flexibility index (Phi) is 9.03. The molecule has 2 amide bonds. The maximum atomic E-state index is 13.5. The van der Waals surface area contributed by atoms with Crippen molar-refractivity contribution >= 4 is 52.6 Å². The molecule has 0 heterocycles. The Morgan fingerprint density at radius 2 is 1.59 bits per heavy atom. The number of anilines is 2. The van der Waals surface area contributed by atoms with Crippen LogP contribution in [0, 0.1) is 0 Å². The van der Waals surface area contributed by atoms with Crippen LogP contribution in [0.5, 0.6) is 5.75 Å². The highest BCUT2D eigenvalue weighted by molar-refractivity contribution is 8.00. The molecule has 5 nitrogen and oxygen atoms in total. The van der Waals surface area contributed by atoms with Crippen LogP contribution in [0.25, 0.3) is 6.08 Å². The van der Waals surface area contributed by atoms with Gasteiger partial charge in [-0.1, -0.05) is 78.3 Å². The highest BCUT2D eigenvalue weighted by Crippen LogP contribution is 2.38. The Morgan fingerprint density at radius 1 is 0.865 bits per heavy atom. The van der Waals surface area contributed by atoms with E-state index in [0.717, 1.165) is 16.0 Å². The molecular weight excluding hydrogens is 504 g/mol. The van der Waals surface area contributed by atoms with Crippen LogP contribution in [-0.4, -0.2) is 18.9 Å². The fraction of sp³-hybridized carbons (Fsp3) is 0.0667. The number of methoxy groups -OCH3 is 1. The molecule has 0 aromatic heterocycles. The largest absolute Gasteiger partial charge is 0.495 e. The number of rotatable bonds is 9. The Labute approximate surface area is 225 Å². The van der Waals surface area contributed by atoms with Gasteiger partial charge in [0.2, 0.25) is 11.8 Å². The Hall–Kier alpha value is -4.00. The van der Waals surface area contributed by atoms with E-state index in [1.165, 1.54) is 24.9 Å². The minimum atomic E-state index is -0.561. The summed E-state index contributed by atoms with van der Waals surface area (Å²) in [5.74, 6) is 0.0521. The average molecular weight is 529 g/mol. The molecule has 7 heteroatoms. The molecule has 4 aromatic rings. The molecule has 0 saturated carbocycles. The van der Waals surface area contributed by atoms with E-state index in [9.17, 15) is 9.59 Å². The van der Waals surface area contributed by atoms with Gasteiger partial charge in [0.05, 0.1) is 12.8 Å². The van der Waals surface area contributed by atoms with Crippen molar-refractivity contribution in [3.8, 4) is 5.75 Å². The maximum Gasteiger partial charge on any atom is 0.248 e. The molecule has 0 aliphatic carbocycles. The highest BCUT2D eigenvalue weighted by atomic mass is 35.5. The van der Waals surface area contributed by atoms with E-state index in [1.807, 2.05) is 84.9 Å². The third-order valence-electron chi connectivity index (χ3n) is 5.34. The lowest BCUT2D eigenvalue weighted by Crippen LogP contribution is -2.19. The Bertz CT molecular complexity index is 1390. The van der Waals surface area contributed by atoms with Crippen molar-refractivity contribution < 1.29 is 14.3 Å². The van der Waals surface area contributed by atoms with Crippen LogP contribution in [0.3, 0.4) is 0 Å². The number of carbonyl (C=O) groups excluding carboxylic acids is 2. The third-order valence-corrected chi connectivity index (χ3v) is 6.83. The number of ether oxygens (including phenoxy) is 1. The van der Waals surface area contributed by atoms with Crippen molar-refractivity contribution in [2.24, 2.45) is 0 Å². The molecule has 1 atom stereocenters. The molecule has 0 saturated heterocycles. The van der Waals surface area contributed by atoms with E-state index in [-0.39, 0.29) is 11.8 Å². The molecule has 0 radical (unpaired) electrons. The van der Waals surface area contributed by atoms with Gasteiger partial charge in [-0.2, -0.15) is 0 Å². The minimum Gasteiger partial charge on any atom is -0.495 e. The van der Waals surface area contributed by atoms with Gasteiger partial charge in [0, 0.05) is 21.7 Å². The van der Waals surface area contributed by atoms with Gasteiger partial charge in [-0.3, -0.25) is 9.59 Å². The van der Waals surface area contributed by atoms with E-state index in [0.29, 0.717) is 22.1 Å². The molecule has 2 N–H and O–H groups in total. The van der Waals surface area contributed by atoms with Crippen molar-refractivity contribution in [3.63, 3.8) is 0 Å². The molecule has 0 spiro atoms. The SMILES string of the molecule is COc1ccc(Cl)cc1NC(=O)C(Sc1cccc(NC(=O)/C=C/c2ccccc2)c1)c1ccccc1. The zero-order chi connectivity index (χ0) is 26.0. The standard InChI is InChI=1S/C30H25ClN2O3S/c1-36-27-17-16-23(31)19-26(27)33-30(35)29(22-11-6-3-7-12-22)37-25-14-8-13-24(20-25)32-28(34)18-15-21-9-4-2-5-10-21/h2-20,29H,1H3,(H,32,34)(H,33,35)/b18-15+. The lowest BCUT2D eigenvalue weighted by Gasteiger charge is -2.19. The predicted octanol–water partition coefficient (Wildman–Crippen LogP) is 7.47. The monoisotopic (exact) mass is 528 g/mol. The second-order valence-electron chi connectivity index (χ2n) is 8.00. The van der Waals surface area contributed by atoms with Crippen molar-refractivity contribution in [2.75, 3.05) is 17.7 Å². The fourth-order valence-corrected chi connectivity index (χ4v) is 4.84. The highest BCUT2D eigenvalue weighted by Gasteiger charge is 2.23. The first kappa shape index (κ1) is 26.1. The summed E-state index contributed by atoms with van der Waals surface area (Å²) in [6.07, 6.45) is 3.25. The fourth-order valence-electron chi connectivity index (χ4n) is 3.58. The lowest BCUT2D eigenvalue weighted by molar-refractivity contribution is -0.116. The predicted molar refractivity (Wildman–Crippen MR) is 152 cm³/mol. The summed E-state index contributed by atoms with van der Waals surface area (Å²) >= 11 is 7.53. The van der Waals surface area contributed by atoms with Crippen molar-refractivity contribution in [1.29, 1.82) is 0 Å². The van der Waals surface area contributed by atoms with Gasteiger partial charge in [0.25, 0.3) is 0 Å². The van der Waals surface area contributed by atoms with Gasteiger partial charge in [-0.25, -0.2) is 0 Å². The van der Waals surface area contributed by atoms with E-state index >= 15 is 0 Å². The summed E-state index contributed by atoms with van der Waals surface area (Å²) < 4.78 is 5.38. The van der Waals surface area contributed by atoms with E-state index < -0.39 is 5.25 Å². The van der Waals surface area contributed by atoms with Crippen molar-refractivity contribution in [2.45, 2.75) is 10.1 Å². The van der Waals surface area contributed by atoms with Crippen LogP contribution in [0.15, 0.2) is 114 Å². The van der Waals surface area contributed by atoms with Crippen molar-refractivity contribution in [1.82, 2.24) is 0 Å². The zero-order valence-electron chi connectivity index (χ0n) is 20.1. The number of carbonyl (C=O) groups is 2. The molecule has 0 aliphatic rings. The maximum absolute atomic E-state index is 13.5. The van der Waals surface area contributed by atoms with Crippen LogP contribution < -0.4 is 15.4 Å². The van der Waals surface area contributed by atoms with Gasteiger partial charge < -0.3 is 15.4 Å². The number of amides is 2. The minimum absolute atomic E-state index is 0.225. The summed E-state index contributed by atoms with van der Waals surface area (Å²) in [6.45, 7) is 0. The second-order valence-corrected chi connectivity index (χ2v) is 9.62. The summed E-state index contributed by atoms with van der Waals surface area (Å²) in [5.41, 5.74) is 2.91. The van der Waals surface area contributed by atoms with Crippen LogP contribution >= 0.6 is 23.4 Å². The van der Waals surface area contributed by atoms with Crippen molar-refractivity contribution in [3.05, 3.63) is 125 Å². The van der Waals surface area contributed by atoms with Gasteiger partial charge in [0.1, 0.15) is 11.0 Å². The topological polar surface area (TPSA) is 67.4 Å². The first-order chi connectivity index (χ1) is 18.0. The molecule has 4 aromatic carbocycles. The molecule has 0 fully saturated rings. The van der Waals surface area contributed by atoms with E-state index in [2.05, 4.69) is 10.6 Å². The molecule has 37 heavy (non-hydrogen) atoms. The van der Waals surface area contributed by atoms with Gasteiger partial charge in [0.15, 0.2) is 0 Å². The third kappa shape index (κ3) is 7.49. The van der Waals surface area contributed by atoms with Crippen LogP contribution in [0.1, 0.15) is 16.4 Å². The number of hydrogen-bond acceptors (Lipinski definition) is 4. The summed E-state index contributed by atoms with van der Waals surface area (Å²) in [4.78, 5) is 26.7. The smallest absolute Gasteiger partial charge is 0.248 e. The zero-order valence-corrected chi connectivity index (χ0v) is 21.6. The van der Waals surface area contributed by atoms with E-state index in [4.69, 9.17) is 16.3 Å². The number of hydrogen-bond donors (Lipinski definition) is 2. The molecule has 1 unspecified atom stereocenters. The Morgan fingerprint density at radius 3 is 2.32 bits per heavy atom. The van der Waals surface area contributed by atoms with Crippen LogP contribution in [0.4, 0.5) is 11.4 Å². The summed E-state index contributed by atoms with van der Waals surface area (Å²) in [6, 6.07) is 31.6. The quantitative estimate of drug-likeness (QED) is 0.175. The first-order valence-electron chi connectivity index (χ1n) is 11.5. The summed E-state index contributed by atoms with van der Waals surface area (Å²) in [7, 11) is 1.54. The number of thioether (sulfide) groups is 1. The number of benzene rings is 4. The van der Waals surface area contributed by atoms with Gasteiger partial charge in [-0.05, 0) is 53.6 Å². The van der Waals surface area contributed by atoms with Crippen LogP contribution in [-0.2, 0) is 9.59 Å². The normalized spacial score (nSPS) is 11.6. The molecule has 0 bridgehead atoms. The summed E-state index contributed by atoms with van der Waals surface area (Å²) in [5, 5.41) is 5.77. The molecule has 4 rings (SSSR count). The van der Waals surface area contributed by atoms with Gasteiger partial charge in [-0.15, -0.1) is 11.8 Å². The lowest BCUT2D eigenvalue weighted by atomic mass is 10.1. The second kappa shape index (κ2) is 12.8. The molecular formula is C30H25ClN2O3S. The van der Waals surface area contributed by atoms with Gasteiger partial charge >= 0.3 is 0 Å². The first-order valence-corrected chi connectivity index (χ1v) is 12.8. The number of nitrogens with one attached hydrogen (secondary N) is 2. The van der Waals surface area contributed by atoms with Crippen LogP contribution in [0.2, 0.25) is 5.02 Å².